The molecule has 8 aliphatic carbocycles. The molecule has 24 unspecified atom stereocenters. The minimum absolute atomic E-state index is 0.00616. The second kappa shape index (κ2) is 23.2. The summed E-state index contributed by atoms with van der Waals surface area (Å²) in [4.78, 5) is 91.2. The Morgan fingerprint density at radius 3 is 1.03 bits per heavy atom. The average Bonchev–Trinajstić information content (AvgIpc) is 4.28. The van der Waals surface area contributed by atoms with Gasteiger partial charge in [-0.2, -0.15) is 0 Å². The number of methoxy groups -OCH3 is 4. The van der Waals surface area contributed by atoms with E-state index in [1.54, 1.807) is 42.3 Å². The molecule has 8 bridgehead atoms. The van der Waals surface area contributed by atoms with Crippen molar-refractivity contribution >= 4 is 47.8 Å². The van der Waals surface area contributed by atoms with Gasteiger partial charge in [0.25, 0.3) is 0 Å². The van der Waals surface area contributed by atoms with Crippen molar-refractivity contribution < 1.29 is 101 Å². The highest BCUT2D eigenvalue weighted by Gasteiger charge is 2.68. The first-order valence-electron chi connectivity index (χ1n) is 26.5. The molecule has 424 valence electrons. The third-order valence-corrected chi connectivity index (χ3v) is 18.7. The number of aliphatic hydroxyl groups is 2. The molecule has 0 aromatic heterocycles. The van der Waals surface area contributed by atoms with Crippen LogP contribution in [0.4, 0.5) is 0 Å². The number of hydrogen-bond donors (Lipinski definition) is 2. The Kier molecular flexibility index (Phi) is 17.4. The van der Waals surface area contributed by atoms with Gasteiger partial charge in [0.05, 0.1) is 86.7 Å². The summed E-state index contributed by atoms with van der Waals surface area (Å²) in [5.74, 6) is -0.698. The molecule has 4 saturated heterocycles. The molecule has 21 heteroatoms. The van der Waals surface area contributed by atoms with Gasteiger partial charge in [-0.3, -0.25) is 19.2 Å². The van der Waals surface area contributed by atoms with Gasteiger partial charge in [-0.25, -0.2) is 19.2 Å². The molecule has 0 radical (unpaired) electrons. The number of rotatable bonds is 10. The summed E-state index contributed by atoms with van der Waals surface area (Å²) in [5, 5.41) is 19.8. The predicted molar refractivity (Wildman–Crippen MR) is 263 cm³/mol. The maximum Gasteiger partial charge on any atom is 0.340 e. The predicted octanol–water partition coefficient (Wildman–Crippen LogP) is 2.67. The van der Waals surface area contributed by atoms with Crippen LogP contribution in [0.2, 0.25) is 0 Å². The minimum atomic E-state index is -0.710. The van der Waals surface area contributed by atoms with E-state index in [1.165, 1.54) is 13.8 Å². The Morgan fingerprint density at radius 1 is 0.377 bits per heavy atom. The third-order valence-electron chi connectivity index (χ3n) is 18.7. The van der Waals surface area contributed by atoms with Crippen LogP contribution in [0.1, 0.15) is 53.4 Å². The molecule has 8 saturated carbocycles. The normalized spacial score (nSPS) is 42.4. The summed E-state index contributed by atoms with van der Waals surface area (Å²) < 4.78 is 57.2. The monoisotopic (exact) mass is 1080 g/mol. The average molecular weight is 1080 g/mol. The van der Waals surface area contributed by atoms with Crippen molar-refractivity contribution in [1.29, 1.82) is 0 Å². The number of hydrogen-bond acceptors (Lipinski definition) is 21. The summed E-state index contributed by atoms with van der Waals surface area (Å²) in [6.07, 6.45) is 1.48. The number of carbonyl (C=O) groups excluding carboxylic acids is 8. The third kappa shape index (κ3) is 10.4. The van der Waals surface area contributed by atoms with Gasteiger partial charge in [0, 0.05) is 104 Å². The lowest BCUT2D eigenvalue weighted by atomic mass is 9.78. The molecule has 4 heterocycles. The van der Waals surface area contributed by atoms with Gasteiger partial charge < -0.3 is 62.3 Å². The molecule has 24 atom stereocenters. The van der Waals surface area contributed by atoms with E-state index in [1.807, 2.05) is 0 Å². The zero-order chi connectivity index (χ0) is 56.2. The number of esters is 8. The van der Waals surface area contributed by atoms with Crippen molar-refractivity contribution in [2.45, 2.75) is 102 Å². The number of cyclic esters (lactones) is 4. The molecular weight excluding hydrogens is 1010 g/mol. The van der Waals surface area contributed by atoms with Crippen molar-refractivity contribution in [3.63, 3.8) is 0 Å². The van der Waals surface area contributed by atoms with Gasteiger partial charge >= 0.3 is 47.8 Å². The van der Waals surface area contributed by atoms with Gasteiger partial charge in [0.1, 0.15) is 12.2 Å². The number of ether oxygens (including phenoxy) is 11. The van der Waals surface area contributed by atoms with Gasteiger partial charge in [-0.05, 0) is 71.1 Å². The zero-order valence-electron chi connectivity index (χ0n) is 45.0. The molecule has 77 heavy (non-hydrogen) atoms. The van der Waals surface area contributed by atoms with Crippen molar-refractivity contribution in [2.24, 2.45) is 94.7 Å². The fraction of sp³-hybridized carbons (Fsp3) is 0.714. The van der Waals surface area contributed by atoms with Crippen LogP contribution in [0, 0.1) is 94.7 Å². The van der Waals surface area contributed by atoms with Crippen LogP contribution in [0.3, 0.4) is 0 Å². The fourth-order valence-electron chi connectivity index (χ4n) is 15.4. The standard InChI is InChI=1S/2C14H18O5.2C10H14O4.C8H10O3/c1-6(2)13(15)19-12-7-4-8(11(12)17-3)10-9(7)5-18-14(10)16;1-6(2)13(15)19-12-8-4-7(11(12)17-3)9-5-18-14(16)10(8)9;1-13-9-4-2-5(8(9)11)7-6(4)3-14-10(7)12;1-13-9-5-2-4(8(9)11)6-3-14-10(12)7(5)6;1-5(2)7(9)11-8(10)6(3)4/h2*7-12H,1,4-5H2,2-3H3;2*4-9,11H,2-3H2,1H3;1,3H2,2,4H3. The van der Waals surface area contributed by atoms with Crippen LogP contribution < -0.4 is 0 Å². The zero-order valence-corrected chi connectivity index (χ0v) is 45.0. The van der Waals surface area contributed by atoms with E-state index in [-0.39, 0.29) is 160 Å². The first-order valence-corrected chi connectivity index (χ1v) is 26.5. The second-order valence-electron chi connectivity index (χ2n) is 22.9. The van der Waals surface area contributed by atoms with Gasteiger partial charge in [-0.15, -0.1) is 0 Å². The molecule has 0 spiro atoms. The Labute approximate surface area is 447 Å². The van der Waals surface area contributed by atoms with E-state index in [0.717, 1.165) is 25.7 Å². The van der Waals surface area contributed by atoms with Crippen molar-refractivity contribution in [2.75, 3.05) is 54.9 Å². The number of carbonyl (C=O) groups is 8. The highest BCUT2D eigenvalue weighted by Crippen LogP contribution is 2.60. The van der Waals surface area contributed by atoms with Crippen LogP contribution in [-0.2, 0) is 90.5 Å². The fourth-order valence-corrected chi connectivity index (χ4v) is 15.4. The quantitative estimate of drug-likeness (QED) is 0.138. The van der Waals surface area contributed by atoms with E-state index < -0.39 is 30.1 Å². The molecule has 0 amide bonds. The van der Waals surface area contributed by atoms with Crippen LogP contribution >= 0.6 is 0 Å². The van der Waals surface area contributed by atoms with Crippen LogP contribution in [0.15, 0.2) is 48.6 Å². The lowest BCUT2D eigenvalue weighted by Crippen LogP contribution is -2.45. The molecule has 12 rings (SSSR count). The first-order chi connectivity index (χ1) is 36.5. The first kappa shape index (κ1) is 57.8. The summed E-state index contributed by atoms with van der Waals surface area (Å²) in [6, 6.07) is 0. The van der Waals surface area contributed by atoms with E-state index >= 15 is 0 Å². The second-order valence-corrected chi connectivity index (χ2v) is 22.9. The number of aliphatic hydroxyl groups excluding tert-OH is 2. The SMILES string of the molecule is C=C(C)C(=O)OC(=O)C(=C)C.C=C(C)C(=O)OC1C2CC(C1OC)C1C(=O)OCC21.C=C(C)C(=O)OC1C2CC(C3COC(=O)C32)C1OC.COC1C(O)C2CC1C1C(=O)OCC21.COC1C(O)C2CC1C1COC(=O)C21. The molecule has 0 aromatic rings. The molecule has 12 fully saturated rings. The lowest BCUT2D eigenvalue weighted by molar-refractivity contribution is -0.162. The molecule has 12 aliphatic rings. The Morgan fingerprint density at radius 2 is 0.636 bits per heavy atom. The van der Waals surface area contributed by atoms with Crippen LogP contribution in [0.5, 0.6) is 0 Å². The van der Waals surface area contributed by atoms with Crippen LogP contribution in [-0.4, -0.2) is 162 Å². The summed E-state index contributed by atoms with van der Waals surface area (Å²) in [7, 11) is 6.45. The summed E-state index contributed by atoms with van der Waals surface area (Å²) in [5.41, 5.74) is 1.13. The summed E-state index contributed by atoms with van der Waals surface area (Å²) >= 11 is 0. The van der Waals surface area contributed by atoms with Gasteiger partial charge in [0.15, 0.2) is 0 Å². The van der Waals surface area contributed by atoms with Crippen molar-refractivity contribution in [1.82, 2.24) is 0 Å². The van der Waals surface area contributed by atoms with Crippen molar-refractivity contribution in [3.05, 3.63) is 48.6 Å². The topological polar surface area (TPSA) is 279 Å². The molecule has 21 nitrogen and oxygen atoms in total. The van der Waals surface area contributed by atoms with E-state index in [0.29, 0.717) is 49.4 Å². The highest BCUT2D eigenvalue weighted by atomic mass is 16.6. The number of fused-ring (bicyclic) bond motifs is 20. The highest BCUT2D eigenvalue weighted by molar-refractivity contribution is 6.00. The van der Waals surface area contributed by atoms with E-state index in [4.69, 9.17) is 47.4 Å². The Balaban J connectivity index is 0.000000129. The van der Waals surface area contributed by atoms with Crippen molar-refractivity contribution in [3.8, 4) is 0 Å². The molecule has 4 aliphatic heterocycles. The van der Waals surface area contributed by atoms with E-state index in [2.05, 4.69) is 31.1 Å². The summed E-state index contributed by atoms with van der Waals surface area (Å²) in [6.45, 7) is 21.9. The van der Waals surface area contributed by atoms with E-state index in [9.17, 15) is 48.6 Å². The van der Waals surface area contributed by atoms with Gasteiger partial charge in [-0.1, -0.05) is 26.3 Å². The smallest absolute Gasteiger partial charge is 0.340 e. The van der Waals surface area contributed by atoms with Gasteiger partial charge in [0.2, 0.25) is 0 Å². The minimum Gasteiger partial charge on any atom is -0.465 e. The molecule has 0 aromatic carbocycles. The molecule has 2 N–H and O–H groups in total. The Hall–Kier alpha value is -5.32. The Bertz CT molecular complexity index is 2390. The lowest BCUT2D eigenvalue weighted by Gasteiger charge is -2.34. The van der Waals surface area contributed by atoms with Crippen LogP contribution in [0.25, 0.3) is 0 Å². The maximum atomic E-state index is 11.8. The maximum absolute atomic E-state index is 11.8. The molecular formula is C56H74O21. The largest absolute Gasteiger partial charge is 0.465 e.